The number of hydrogen-bond acceptors (Lipinski definition) is 2. The zero-order valence-electron chi connectivity index (χ0n) is 8.10. The van der Waals surface area contributed by atoms with Crippen LogP contribution in [-0.4, -0.2) is 13.6 Å². The zero-order chi connectivity index (χ0) is 10.4. The molecule has 0 saturated carbocycles. The maximum atomic E-state index is 12.9. The second-order valence-corrected chi connectivity index (χ2v) is 2.86. The third kappa shape index (κ3) is 2.75. The average Bonchev–Trinajstić information content (AvgIpc) is 2.19. The van der Waals surface area contributed by atoms with Gasteiger partial charge in [-0.25, -0.2) is 4.39 Å². The largest absolute Gasteiger partial charge is 0.395 e. The maximum Gasteiger partial charge on any atom is 0.147 e. The van der Waals surface area contributed by atoms with E-state index in [9.17, 15) is 4.39 Å². The van der Waals surface area contributed by atoms with E-state index in [0.29, 0.717) is 5.56 Å². The number of hydrogen-bond donors (Lipinski definition) is 2. The fourth-order valence-corrected chi connectivity index (χ4v) is 0.991. The van der Waals surface area contributed by atoms with Crippen molar-refractivity contribution in [3.8, 4) is 11.8 Å². The fourth-order valence-electron chi connectivity index (χ4n) is 0.991. The first kappa shape index (κ1) is 10.6. The van der Waals surface area contributed by atoms with Crippen molar-refractivity contribution in [2.75, 3.05) is 19.3 Å². The molecule has 3 N–H and O–H groups in total. The maximum absolute atomic E-state index is 12.9. The van der Waals surface area contributed by atoms with Gasteiger partial charge in [0.15, 0.2) is 0 Å². The Labute approximate surface area is 83.3 Å². The van der Waals surface area contributed by atoms with Crippen molar-refractivity contribution in [3.63, 3.8) is 0 Å². The summed E-state index contributed by atoms with van der Waals surface area (Å²) in [6, 6.07) is 4.65. The predicted molar refractivity (Wildman–Crippen MR) is 56.2 cm³/mol. The van der Waals surface area contributed by atoms with Crippen LogP contribution in [0.5, 0.6) is 0 Å². The number of anilines is 1. The average molecular weight is 192 g/mol. The molecule has 0 atom stereocenters. The summed E-state index contributed by atoms with van der Waals surface area (Å²) in [6.07, 6.45) is 0.729. The molecule has 0 aliphatic carbocycles. The van der Waals surface area contributed by atoms with Crippen LogP contribution in [0.15, 0.2) is 18.2 Å². The molecular formula is C11H13FN2. The highest BCUT2D eigenvalue weighted by atomic mass is 19.1. The van der Waals surface area contributed by atoms with E-state index in [1.165, 1.54) is 6.07 Å². The molecule has 0 bridgehead atoms. The second-order valence-electron chi connectivity index (χ2n) is 2.86. The predicted octanol–water partition coefficient (Wildman–Crippen LogP) is 1.37. The Morgan fingerprint density at radius 3 is 3.00 bits per heavy atom. The zero-order valence-corrected chi connectivity index (χ0v) is 8.10. The molecule has 0 unspecified atom stereocenters. The monoisotopic (exact) mass is 192 g/mol. The summed E-state index contributed by atoms with van der Waals surface area (Å²) in [7, 11) is 1.86. The normalized spacial score (nSPS) is 9.29. The standard InChI is InChI=1S/C11H13FN2/c1-14-8-3-2-5-9-6-4-7-10(12)11(9)13/h4,6-7,14H,3,8,13H2,1H3. The van der Waals surface area contributed by atoms with E-state index in [2.05, 4.69) is 17.2 Å². The minimum atomic E-state index is -0.412. The Kier molecular flexibility index (Phi) is 3.96. The third-order valence-corrected chi connectivity index (χ3v) is 1.78. The van der Waals surface area contributed by atoms with Gasteiger partial charge >= 0.3 is 0 Å². The molecule has 0 spiro atoms. The first-order valence-corrected chi connectivity index (χ1v) is 4.43. The molecule has 1 aromatic rings. The summed E-state index contributed by atoms with van der Waals surface area (Å²) in [5.41, 5.74) is 6.19. The molecule has 0 aliphatic rings. The molecule has 0 aromatic heterocycles. The number of halogens is 1. The van der Waals surface area contributed by atoms with Crippen LogP contribution < -0.4 is 11.1 Å². The van der Waals surface area contributed by atoms with E-state index < -0.39 is 5.82 Å². The van der Waals surface area contributed by atoms with Crippen molar-refractivity contribution in [3.05, 3.63) is 29.6 Å². The molecule has 1 aromatic carbocycles. The summed E-state index contributed by atoms with van der Waals surface area (Å²) in [5, 5.41) is 2.97. The lowest BCUT2D eigenvalue weighted by molar-refractivity contribution is 0.632. The van der Waals surface area contributed by atoms with Crippen molar-refractivity contribution >= 4 is 5.69 Å². The molecular weight excluding hydrogens is 179 g/mol. The molecule has 3 heteroatoms. The molecule has 0 heterocycles. The number of rotatable bonds is 2. The highest BCUT2D eigenvalue weighted by Gasteiger charge is 2.00. The number of nitrogen functional groups attached to an aromatic ring is 1. The highest BCUT2D eigenvalue weighted by molar-refractivity contribution is 5.56. The van der Waals surface area contributed by atoms with E-state index >= 15 is 0 Å². The minimum Gasteiger partial charge on any atom is -0.395 e. The van der Waals surface area contributed by atoms with Crippen LogP contribution in [0.3, 0.4) is 0 Å². The van der Waals surface area contributed by atoms with Crippen molar-refractivity contribution in [1.82, 2.24) is 5.32 Å². The first-order valence-electron chi connectivity index (χ1n) is 4.43. The van der Waals surface area contributed by atoms with Crippen molar-refractivity contribution in [1.29, 1.82) is 0 Å². The molecule has 0 amide bonds. The van der Waals surface area contributed by atoms with Crippen LogP contribution in [-0.2, 0) is 0 Å². The smallest absolute Gasteiger partial charge is 0.147 e. The van der Waals surface area contributed by atoms with Gasteiger partial charge in [-0.15, -0.1) is 0 Å². The van der Waals surface area contributed by atoms with Gasteiger partial charge in [0.1, 0.15) is 5.82 Å². The fraction of sp³-hybridized carbons (Fsp3) is 0.273. The Hall–Kier alpha value is -1.53. The molecule has 74 valence electrons. The summed E-state index contributed by atoms with van der Waals surface area (Å²) in [5.74, 6) is 5.33. The molecule has 1 rings (SSSR count). The second kappa shape index (κ2) is 5.25. The van der Waals surface area contributed by atoms with E-state index in [0.717, 1.165) is 13.0 Å². The molecule has 0 aliphatic heterocycles. The van der Waals surface area contributed by atoms with E-state index in [4.69, 9.17) is 5.73 Å². The molecule has 0 radical (unpaired) electrons. The van der Waals surface area contributed by atoms with Gasteiger partial charge < -0.3 is 11.1 Å². The molecule has 0 saturated heterocycles. The molecule has 14 heavy (non-hydrogen) atoms. The highest BCUT2D eigenvalue weighted by Crippen LogP contribution is 2.13. The molecule has 2 nitrogen and oxygen atoms in total. The minimum absolute atomic E-state index is 0.129. The van der Waals surface area contributed by atoms with Crippen LogP contribution in [0.25, 0.3) is 0 Å². The van der Waals surface area contributed by atoms with Crippen LogP contribution in [0.2, 0.25) is 0 Å². The van der Waals surface area contributed by atoms with Gasteiger partial charge in [0, 0.05) is 13.0 Å². The lowest BCUT2D eigenvalue weighted by atomic mass is 10.2. The van der Waals surface area contributed by atoms with Gasteiger partial charge in [-0.3, -0.25) is 0 Å². The van der Waals surface area contributed by atoms with Crippen molar-refractivity contribution < 1.29 is 4.39 Å². The lowest BCUT2D eigenvalue weighted by Crippen LogP contribution is -2.05. The van der Waals surface area contributed by atoms with Crippen LogP contribution in [0, 0.1) is 17.7 Å². The van der Waals surface area contributed by atoms with Crippen molar-refractivity contribution in [2.45, 2.75) is 6.42 Å². The summed E-state index contributed by atoms with van der Waals surface area (Å²) < 4.78 is 12.9. The quantitative estimate of drug-likeness (QED) is 0.422. The SMILES string of the molecule is CNCCC#Cc1cccc(F)c1N. The van der Waals surface area contributed by atoms with Crippen LogP contribution in [0.4, 0.5) is 10.1 Å². The van der Waals surface area contributed by atoms with Gasteiger partial charge in [0.2, 0.25) is 0 Å². The van der Waals surface area contributed by atoms with Gasteiger partial charge in [-0.05, 0) is 19.2 Å². The van der Waals surface area contributed by atoms with Gasteiger partial charge in [-0.1, -0.05) is 17.9 Å². The van der Waals surface area contributed by atoms with Gasteiger partial charge in [0.05, 0.1) is 11.3 Å². The lowest BCUT2D eigenvalue weighted by Gasteiger charge is -1.98. The Morgan fingerprint density at radius 2 is 2.29 bits per heavy atom. The Bertz CT molecular complexity index is 363. The Morgan fingerprint density at radius 1 is 1.50 bits per heavy atom. The number of nitrogens with two attached hydrogens (primary N) is 1. The van der Waals surface area contributed by atoms with Crippen LogP contribution in [0.1, 0.15) is 12.0 Å². The third-order valence-electron chi connectivity index (χ3n) is 1.78. The topological polar surface area (TPSA) is 38.0 Å². The van der Waals surface area contributed by atoms with E-state index in [-0.39, 0.29) is 5.69 Å². The van der Waals surface area contributed by atoms with E-state index in [1.54, 1.807) is 12.1 Å². The first-order chi connectivity index (χ1) is 6.75. The van der Waals surface area contributed by atoms with Crippen LogP contribution >= 0.6 is 0 Å². The number of nitrogens with one attached hydrogen (secondary N) is 1. The van der Waals surface area contributed by atoms with Crippen molar-refractivity contribution in [2.24, 2.45) is 0 Å². The van der Waals surface area contributed by atoms with Gasteiger partial charge in [0.25, 0.3) is 0 Å². The number of para-hydroxylation sites is 1. The van der Waals surface area contributed by atoms with Gasteiger partial charge in [-0.2, -0.15) is 0 Å². The summed E-state index contributed by atoms with van der Waals surface area (Å²) >= 11 is 0. The molecule has 0 fully saturated rings. The Balaban J connectivity index is 2.74. The summed E-state index contributed by atoms with van der Waals surface area (Å²) in [6.45, 7) is 0.822. The number of benzene rings is 1. The summed E-state index contributed by atoms with van der Waals surface area (Å²) in [4.78, 5) is 0. The van der Waals surface area contributed by atoms with E-state index in [1.807, 2.05) is 7.05 Å².